The van der Waals surface area contributed by atoms with Crippen LogP contribution in [0.5, 0.6) is 0 Å². The third-order valence-electron chi connectivity index (χ3n) is 2.59. The molecular weight excluding hydrogens is 251 g/mol. The van der Waals surface area contributed by atoms with Crippen LogP contribution in [0.15, 0.2) is 12.3 Å². The van der Waals surface area contributed by atoms with Gasteiger partial charge in [0.1, 0.15) is 5.15 Å². The van der Waals surface area contributed by atoms with Crippen molar-refractivity contribution in [1.29, 1.82) is 0 Å². The first-order chi connectivity index (χ1) is 7.56. The molecule has 1 fully saturated rings. The Hall–Kier alpha value is -0.840. The number of carbonyl (C=O) groups is 1. The van der Waals surface area contributed by atoms with Crippen molar-refractivity contribution >= 4 is 29.1 Å². The van der Waals surface area contributed by atoms with Crippen molar-refractivity contribution < 1.29 is 9.90 Å². The lowest BCUT2D eigenvalue weighted by molar-refractivity contribution is 0.0906. The van der Waals surface area contributed by atoms with Crippen molar-refractivity contribution in [3.8, 4) is 0 Å². The molecule has 0 atom stereocenters. The molecule has 16 heavy (non-hydrogen) atoms. The molecule has 0 saturated heterocycles. The lowest BCUT2D eigenvalue weighted by Crippen LogP contribution is -2.39. The van der Waals surface area contributed by atoms with Crippen LogP contribution in [0, 0.1) is 0 Å². The van der Waals surface area contributed by atoms with Gasteiger partial charge in [0.2, 0.25) is 0 Å². The summed E-state index contributed by atoms with van der Waals surface area (Å²) in [6.07, 6.45) is 2.95. The van der Waals surface area contributed by atoms with E-state index in [1.54, 1.807) is 0 Å². The van der Waals surface area contributed by atoms with Crippen LogP contribution < -0.4 is 5.32 Å². The summed E-state index contributed by atoms with van der Waals surface area (Å²) in [5, 5.41) is 12.2. The van der Waals surface area contributed by atoms with Gasteiger partial charge in [-0.1, -0.05) is 23.2 Å². The summed E-state index contributed by atoms with van der Waals surface area (Å²) in [6.45, 7) is -0.0481. The van der Waals surface area contributed by atoms with Crippen LogP contribution in [0.4, 0.5) is 0 Å². The molecule has 0 aliphatic heterocycles. The van der Waals surface area contributed by atoms with Gasteiger partial charge in [0, 0.05) is 6.20 Å². The minimum atomic E-state index is -0.441. The summed E-state index contributed by atoms with van der Waals surface area (Å²) in [4.78, 5) is 15.5. The number of pyridine rings is 1. The lowest BCUT2D eigenvalue weighted by Gasteiger charge is -2.14. The van der Waals surface area contributed by atoms with Crippen LogP contribution in [-0.4, -0.2) is 28.1 Å². The van der Waals surface area contributed by atoms with Crippen molar-refractivity contribution in [2.45, 2.75) is 18.4 Å². The number of aliphatic hydroxyl groups is 1. The average Bonchev–Trinajstić information content (AvgIpc) is 3.02. The molecular formula is C10H10Cl2N2O2. The van der Waals surface area contributed by atoms with Crippen molar-refractivity contribution in [3.05, 3.63) is 28.0 Å². The molecule has 1 aliphatic carbocycles. The van der Waals surface area contributed by atoms with Gasteiger partial charge < -0.3 is 10.4 Å². The molecule has 4 nitrogen and oxygen atoms in total. The normalized spacial score (nSPS) is 16.9. The highest BCUT2D eigenvalue weighted by Crippen LogP contribution is 2.34. The minimum Gasteiger partial charge on any atom is -0.394 e. The highest BCUT2D eigenvalue weighted by Gasteiger charge is 2.43. The van der Waals surface area contributed by atoms with Crippen molar-refractivity contribution in [3.63, 3.8) is 0 Å². The van der Waals surface area contributed by atoms with E-state index in [0.717, 1.165) is 12.8 Å². The molecule has 1 saturated carbocycles. The van der Waals surface area contributed by atoms with E-state index in [1.807, 2.05) is 0 Å². The Bertz CT molecular complexity index is 433. The topological polar surface area (TPSA) is 62.2 Å². The summed E-state index contributed by atoms with van der Waals surface area (Å²) in [6, 6.07) is 1.46. The van der Waals surface area contributed by atoms with E-state index < -0.39 is 5.54 Å². The van der Waals surface area contributed by atoms with Gasteiger partial charge in [-0.05, 0) is 18.9 Å². The second-order valence-electron chi connectivity index (χ2n) is 3.89. The number of hydrogen-bond acceptors (Lipinski definition) is 3. The fraction of sp³-hybridized carbons (Fsp3) is 0.400. The fourth-order valence-electron chi connectivity index (χ4n) is 1.33. The van der Waals surface area contributed by atoms with Crippen LogP contribution in [-0.2, 0) is 0 Å². The van der Waals surface area contributed by atoms with Crippen LogP contribution in [0.2, 0.25) is 10.2 Å². The molecule has 86 valence electrons. The number of nitrogens with one attached hydrogen (secondary N) is 1. The number of nitrogens with zero attached hydrogens (tertiary/aromatic N) is 1. The van der Waals surface area contributed by atoms with Gasteiger partial charge in [0.25, 0.3) is 5.91 Å². The summed E-state index contributed by atoms with van der Waals surface area (Å²) in [5.74, 6) is -0.294. The first-order valence-corrected chi connectivity index (χ1v) is 5.56. The van der Waals surface area contributed by atoms with E-state index in [2.05, 4.69) is 10.3 Å². The molecule has 0 bridgehead atoms. The first-order valence-electron chi connectivity index (χ1n) is 4.81. The number of aromatic nitrogens is 1. The highest BCUT2D eigenvalue weighted by atomic mass is 35.5. The standard InChI is InChI=1S/C10H10Cl2N2O2/c11-7-3-6(4-13-8(7)12)9(16)14-10(5-15)1-2-10/h3-4,15H,1-2,5H2,(H,14,16). The predicted molar refractivity (Wildman–Crippen MR) is 60.8 cm³/mol. The van der Waals surface area contributed by atoms with E-state index in [0.29, 0.717) is 5.56 Å². The maximum absolute atomic E-state index is 11.8. The van der Waals surface area contributed by atoms with Gasteiger partial charge in [0.05, 0.1) is 22.7 Å². The van der Waals surface area contributed by atoms with Crippen LogP contribution in [0.3, 0.4) is 0 Å². The van der Waals surface area contributed by atoms with Gasteiger partial charge in [-0.15, -0.1) is 0 Å². The van der Waals surface area contributed by atoms with Crippen molar-refractivity contribution in [1.82, 2.24) is 10.3 Å². The van der Waals surface area contributed by atoms with Gasteiger partial charge in [-0.2, -0.15) is 0 Å². The monoisotopic (exact) mass is 260 g/mol. The molecule has 1 aliphatic rings. The molecule has 1 heterocycles. The maximum atomic E-state index is 11.8. The zero-order chi connectivity index (χ0) is 11.8. The van der Waals surface area contributed by atoms with Gasteiger partial charge in [-0.3, -0.25) is 4.79 Å². The lowest BCUT2D eigenvalue weighted by atomic mass is 10.2. The molecule has 0 aromatic carbocycles. The maximum Gasteiger partial charge on any atom is 0.253 e. The van der Waals surface area contributed by atoms with Crippen LogP contribution >= 0.6 is 23.2 Å². The third-order valence-corrected chi connectivity index (χ3v) is 3.28. The molecule has 6 heteroatoms. The summed E-state index contributed by atoms with van der Waals surface area (Å²) >= 11 is 11.4. The molecule has 2 N–H and O–H groups in total. The fourth-order valence-corrected chi connectivity index (χ4v) is 1.60. The number of carbonyl (C=O) groups excluding carboxylic acids is 1. The zero-order valence-electron chi connectivity index (χ0n) is 8.33. The largest absolute Gasteiger partial charge is 0.394 e. The second kappa shape index (κ2) is 4.20. The minimum absolute atomic E-state index is 0.0481. The van der Waals surface area contributed by atoms with E-state index >= 15 is 0 Å². The van der Waals surface area contributed by atoms with Crippen molar-refractivity contribution in [2.75, 3.05) is 6.61 Å². The van der Waals surface area contributed by atoms with Gasteiger partial charge in [0.15, 0.2) is 0 Å². The molecule has 0 radical (unpaired) electrons. The Morgan fingerprint density at radius 2 is 2.25 bits per heavy atom. The average molecular weight is 261 g/mol. The van der Waals surface area contributed by atoms with E-state index in [9.17, 15) is 4.79 Å². The number of rotatable bonds is 3. The SMILES string of the molecule is O=C(NC1(CO)CC1)c1cnc(Cl)c(Cl)c1. The predicted octanol–water partition coefficient (Wildman–Crippen LogP) is 1.64. The Balaban J connectivity index is 2.12. The van der Waals surface area contributed by atoms with E-state index in [-0.39, 0.29) is 22.7 Å². The number of halogens is 2. The number of amides is 1. The molecule has 1 amide bonds. The van der Waals surface area contributed by atoms with Crippen molar-refractivity contribution in [2.24, 2.45) is 0 Å². The van der Waals surface area contributed by atoms with E-state index in [4.69, 9.17) is 28.3 Å². The summed E-state index contributed by atoms with van der Waals surface area (Å²) in [5.41, 5.74) is -0.0995. The van der Waals surface area contributed by atoms with Crippen LogP contribution in [0.1, 0.15) is 23.2 Å². The smallest absolute Gasteiger partial charge is 0.253 e. The third kappa shape index (κ3) is 2.29. The number of hydrogen-bond donors (Lipinski definition) is 2. The quantitative estimate of drug-likeness (QED) is 0.813. The molecule has 1 aromatic rings. The Morgan fingerprint density at radius 1 is 1.56 bits per heavy atom. The second-order valence-corrected chi connectivity index (χ2v) is 4.65. The Kier molecular flexibility index (Phi) is 3.06. The molecule has 2 rings (SSSR count). The summed E-state index contributed by atoms with van der Waals surface area (Å²) in [7, 11) is 0. The Labute approximate surface area is 103 Å². The highest BCUT2D eigenvalue weighted by molar-refractivity contribution is 6.41. The van der Waals surface area contributed by atoms with E-state index in [1.165, 1.54) is 12.3 Å². The zero-order valence-corrected chi connectivity index (χ0v) is 9.85. The first kappa shape index (κ1) is 11.6. The number of aliphatic hydroxyl groups excluding tert-OH is 1. The molecule has 0 unspecified atom stereocenters. The molecule has 1 aromatic heterocycles. The molecule has 0 spiro atoms. The van der Waals surface area contributed by atoms with Crippen LogP contribution in [0.25, 0.3) is 0 Å². The Morgan fingerprint density at radius 3 is 2.75 bits per heavy atom. The van der Waals surface area contributed by atoms with Gasteiger partial charge >= 0.3 is 0 Å². The van der Waals surface area contributed by atoms with Gasteiger partial charge in [-0.25, -0.2) is 4.98 Å². The summed E-state index contributed by atoms with van der Waals surface area (Å²) < 4.78 is 0.